The third-order valence-corrected chi connectivity index (χ3v) is 4.84. The Bertz CT molecular complexity index is 843. The summed E-state index contributed by atoms with van der Waals surface area (Å²) in [6, 6.07) is 10.2. The van der Waals surface area contributed by atoms with Crippen LogP contribution in [-0.2, 0) is 19.6 Å². The molecule has 1 atom stereocenters. The van der Waals surface area contributed by atoms with E-state index in [4.69, 9.17) is 10.8 Å². The number of amides is 1. The predicted molar refractivity (Wildman–Crippen MR) is 84.1 cm³/mol. The molecule has 7 nitrogen and oxygen atoms in total. The molecule has 0 aliphatic heterocycles. The number of carbonyl (C=O) groups is 2. The molecule has 0 aliphatic carbocycles. The van der Waals surface area contributed by atoms with Crippen LogP contribution < -0.4 is 10.5 Å². The van der Waals surface area contributed by atoms with E-state index >= 15 is 0 Å². The van der Waals surface area contributed by atoms with Crippen LogP contribution in [0.5, 0.6) is 0 Å². The van der Waals surface area contributed by atoms with Crippen LogP contribution in [0.25, 0.3) is 10.8 Å². The Morgan fingerprint density at radius 3 is 2.43 bits per heavy atom. The summed E-state index contributed by atoms with van der Waals surface area (Å²) in [5.74, 6) is -2.06. The van der Waals surface area contributed by atoms with Gasteiger partial charge in [-0.15, -0.1) is 0 Å². The summed E-state index contributed by atoms with van der Waals surface area (Å²) < 4.78 is 27.2. The van der Waals surface area contributed by atoms with Crippen LogP contribution in [0.2, 0.25) is 0 Å². The first kappa shape index (κ1) is 16.9. The lowest BCUT2D eigenvalue weighted by molar-refractivity contribution is -0.139. The normalized spacial score (nSPS) is 12.9. The number of carboxylic acids is 1. The van der Waals surface area contributed by atoms with E-state index in [0.29, 0.717) is 5.39 Å². The van der Waals surface area contributed by atoms with Crippen molar-refractivity contribution in [3.63, 3.8) is 0 Å². The molecule has 0 saturated carbocycles. The van der Waals surface area contributed by atoms with Gasteiger partial charge >= 0.3 is 5.97 Å². The molecule has 0 fully saturated rings. The van der Waals surface area contributed by atoms with Gasteiger partial charge in [0.05, 0.1) is 4.90 Å². The minimum atomic E-state index is -4.06. The van der Waals surface area contributed by atoms with Gasteiger partial charge in [-0.05, 0) is 17.9 Å². The molecule has 0 heterocycles. The van der Waals surface area contributed by atoms with E-state index in [9.17, 15) is 18.0 Å². The van der Waals surface area contributed by atoms with Crippen molar-refractivity contribution in [2.24, 2.45) is 5.73 Å². The number of hydrogen-bond acceptors (Lipinski definition) is 4. The van der Waals surface area contributed by atoms with Gasteiger partial charge in [-0.25, -0.2) is 8.42 Å². The molecule has 23 heavy (non-hydrogen) atoms. The summed E-state index contributed by atoms with van der Waals surface area (Å²) in [4.78, 5) is 22.0. The van der Waals surface area contributed by atoms with Crippen LogP contribution in [0.15, 0.2) is 47.4 Å². The third kappa shape index (κ3) is 4.05. The summed E-state index contributed by atoms with van der Waals surface area (Å²) in [6.07, 6.45) is -0.441. The highest BCUT2D eigenvalue weighted by atomic mass is 32.2. The molecule has 0 radical (unpaired) electrons. The number of carboxylic acid groups (broad SMARTS) is 1. The average molecular weight is 336 g/mol. The maximum absolute atomic E-state index is 12.5. The van der Waals surface area contributed by atoms with Crippen molar-refractivity contribution in [2.45, 2.75) is 23.8 Å². The molecular weight excluding hydrogens is 320 g/mol. The fraction of sp³-hybridized carbons (Fsp3) is 0.200. The average Bonchev–Trinajstić information content (AvgIpc) is 2.50. The number of hydrogen-bond donors (Lipinski definition) is 3. The van der Waals surface area contributed by atoms with Crippen molar-refractivity contribution in [1.29, 1.82) is 0 Å². The predicted octanol–water partition coefficient (Wildman–Crippen LogP) is 0.837. The van der Waals surface area contributed by atoms with E-state index in [0.717, 1.165) is 5.39 Å². The fourth-order valence-electron chi connectivity index (χ4n) is 2.20. The lowest BCUT2D eigenvalue weighted by Crippen LogP contribution is -2.41. The molecule has 0 aliphatic rings. The summed E-state index contributed by atoms with van der Waals surface area (Å²) >= 11 is 0. The standard InChI is InChI=1S/C15H16N2O5S/c16-14(18)9-8-12(15(19)20)17-23(21,22)13-7-3-5-10-4-1-2-6-11(10)13/h1-7,12,17H,8-9H2,(H2,16,18)(H,19,20)/t12-/m1/s1. The van der Waals surface area contributed by atoms with E-state index in [1.165, 1.54) is 6.07 Å². The van der Waals surface area contributed by atoms with Gasteiger partial charge in [-0.2, -0.15) is 4.72 Å². The number of primary amides is 1. The van der Waals surface area contributed by atoms with Crippen molar-refractivity contribution < 1.29 is 23.1 Å². The Labute approximate surface area is 133 Å². The number of nitrogens with two attached hydrogens (primary N) is 1. The van der Waals surface area contributed by atoms with Gasteiger partial charge in [0.15, 0.2) is 0 Å². The first-order valence-corrected chi connectivity index (χ1v) is 8.31. The monoisotopic (exact) mass is 336 g/mol. The first-order chi connectivity index (χ1) is 10.8. The van der Waals surface area contributed by atoms with Gasteiger partial charge in [-0.1, -0.05) is 36.4 Å². The topological polar surface area (TPSA) is 127 Å². The SMILES string of the molecule is NC(=O)CC[C@@H](NS(=O)(=O)c1cccc2ccccc12)C(=O)O. The van der Waals surface area contributed by atoms with Gasteiger partial charge < -0.3 is 10.8 Å². The van der Waals surface area contributed by atoms with Crippen molar-refractivity contribution in [2.75, 3.05) is 0 Å². The zero-order chi connectivity index (χ0) is 17.0. The Morgan fingerprint density at radius 1 is 1.13 bits per heavy atom. The molecule has 4 N–H and O–H groups in total. The van der Waals surface area contributed by atoms with Gasteiger partial charge in [0.25, 0.3) is 0 Å². The molecule has 122 valence electrons. The third-order valence-electron chi connectivity index (χ3n) is 3.31. The summed E-state index contributed by atoms with van der Waals surface area (Å²) in [7, 11) is -4.06. The molecule has 8 heteroatoms. The van der Waals surface area contributed by atoms with Crippen LogP contribution in [0.1, 0.15) is 12.8 Å². The first-order valence-electron chi connectivity index (χ1n) is 6.82. The van der Waals surface area contributed by atoms with E-state index in [-0.39, 0.29) is 17.7 Å². The van der Waals surface area contributed by atoms with Gasteiger partial charge in [-0.3, -0.25) is 9.59 Å². The van der Waals surface area contributed by atoms with Gasteiger partial charge in [0.2, 0.25) is 15.9 Å². The van der Waals surface area contributed by atoms with E-state index in [1.54, 1.807) is 36.4 Å². The minimum Gasteiger partial charge on any atom is -0.480 e. The van der Waals surface area contributed by atoms with Gasteiger partial charge in [0, 0.05) is 11.8 Å². The highest BCUT2D eigenvalue weighted by Crippen LogP contribution is 2.23. The zero-order valence-electron chi connectivity index (χ0n) is 12.1. The lowest BCUT2D eigenvalue weighted by Gasteiger charge is -2.15. The summed E-state index contributed by atoms with van der Waals surface area (Å²) in [5.41, 5.74) is 4.98. The summed E-state index contributed by atoms with van der Waals surface area (Å²) in [6.45, 7) is 0. The molecule has 2 rings (SSSR count). The molecule has 0 saturated heterocycles. The zero-order valence-corrected chi connectivity index (χ0v) is 12.9. The molecule has 0 spiro atoms. The minimum absolute atomic E-state index is 0.0130. The lowest BCUT2D eigenvalue weighted by atomic mass is 10.1. The second kappa shape index (κ2) is 6.76. The number of sulfonamides is 1. The van der Waals surface area contributed by atoms with E-state index < -0.39 is 27.9 Å². The molecule has 0 aromatic heterocycles. The van der Waals surface area contributed by atoms with Crippen LogP contribution >= 0.6 is 0 Å². The molecule has 1 amide bonds. The maximum atomic E-state index is 12.5. The highest BCUT2D eigenvalue weighted by Gasteiger charge is 2.26. The van der Waals surface area contributed by atoms with Crippen molar-refractivity contribution in [1.82, 2.24) is 4.72 Å². The van der Waals surface area contributed by atoms with Gasteiger partial charge in [0.1, 0.15) is 6.04 Å². The number of benzene rings is 2. The second-order valence-electron chi connectivity index (χ2n) is 4.99. The van der Waals surface area contributed by atoms with Crippen molar-refractivity contribution >= 4 is 32.7 Å². The Kier molecular flexibility index (Phi) is 4.97. The molecule has 2 aromatic carbocycles. The number of rotatable bonds is 7. The van der Waals surface area contributed by atoms with Crippen molar-refractivity contribution in [3.8, 4) is 0 Å². The van der Waals surface area contributed by atoms with Crippen LogP contribution in [-0.4, -0.2) is 31.4 Å². The number of nitrogens with one attached hydrogen (secondary N) is 1. The fourth-order valence-corrected chi connectivity index (χ4v) is 3.65. The Morgan fingerprint density at radius 2 is 1.78 bits per heavy atom. The second-order valence-corrected chi connectivity index (χ2v) is 6.68. The maximum Gasteiger partial charge on any atom is 0.321 e. The van der Waals surface area contributed by atoms with E-state index in [1.807, 2.05) is 0 Å². The molecule has 0 bridgehead atoms. The van der Waals surface area contributed by atoms with Crippen LogP contribution in [0.4, 0.5) is 0 Å². The van der Waals surface area contributed by atoms with Crippen molar-refractivity contribution in [3.05, 3.63) is 42.5 Å². The molecule has 0 unspecified atom stereocenters. The number of aliphatic carboxylic acids is 1. The van der Waals surface area contributed by atoms with E-state index in [2.05, 4.69) is 4.72 Å². The Hall–Kier alpha value is -2.45. The Balaban J connectivity index is 2.36. The number of fused-ring (bicyclic) bond motifs is 1. The smallest absolute Gasteiger partial charge is 0.321 e. The molecule has 2 aromatic rings. The highest BCUT2D eigenvalue weighted by molar-refractivity contribution is 7.89. The largest absolute Gasteiger partial charge is 0.480 e. The summed E-state index contributed by atoms with van der Waals surface area (Å²) in [5, 5.41) is 10.3. The quantitative estimate of drug-likeness (QED) is 0.690. The van der Waals surface area contributed by atoms with Crippen LogP contribution in [0, 0.1) is 0 Å². The number of carbonyl (C=O) groups excluding carboxylic acids is 1. The molecular formula is C15H16N2O5S. The van der Waals surface area contributed by atoms with Crippen LogP contribution in [0.3, 0.4) is 0 Å².